The third-order valence-corrected chi connectivity index (χ3v) is 2.84. The third kappa shape index (κ3) is 2.91. The van der Waals surface area contributed by atoms with Crippen LogP contribution in [0.4, 0.5) is 5.69 Å². The Morgan fingerprint density at radius 1 is 1.55 bits per heavy atom. The van der Waals surface area contributed by atoms with Gasteiger partial charge >= 0.3 is 5.97 Å². The fourth-order valence-electron chi connectivity index (χ4n) is 1.67. The Labute approximate surface area is 120 Å². The third-order valence-electron chi connectivity index (χ3n) is 2.65. The molecule has 1 amide bonds. The lowest BCUT2D eigenvalue weighted by molar-refractivity contribution is -0.115. The predicted molar refractivity (Wildman–Crippen MR) is 75.1 cm³/mol. The summed E-state index contributed by atoms with van der Waals surface area (Å²) in [6, 6.07) is 3.32. The molecular weight excluding hydrogens is 282 g/mol. The number of ether oxygens (including phenoxy) is 1. The summed E-state index contributed by atoms with van der Waals surface area (Å²) in [5.41, 5.74) is 1.45. The summed E-state index contributed by atoms with van der Waals surface area (Å²) in [5, 5.41) is 6.07. The van der Waals surface area contributed by atoms with Gasteiger partial charge in [-0.2, -0.15) is 5.10 Å². The molecule has 6 nitrogen and oxygen atoms in total. The molecule has 0 saturated carbocycles. The highest BCUT2D eigenvalue weighted by Crippen LogP contribution is 2.17. The minimum atomic E-state index is -0.638. The van der Waals surface area contributed by atoms with Crippen LogP contribution in [0.25, 0.3) is 5.52 Å². The molecule has 0 fully saturated rings. The number of amides is 1. The van der Waals surface area contributed by atoms with Crippen molar-refractivity contribution in [3.05, 3.63) is 30.1 Å². The number of rotatable bonds is 4. The molecule has 2 heterocycles. The van der Waals surface area contributed by atoms with Gasteiger partial charge in [0.05, 0.1) is 18.3 Å². The van der Waals surface area contributed by atoms with Crippen LogP contribution in [0.1, 0.15) is 24.2 Å². The molecule has 0 aliphatic carbocycles. The molecule has 0 aromatic carbocycles. The Morgan fingerprint density at radius 3 is 2.95 bits per heavy atom. The van der Waals surface area contributed by atoms with Crippen LogP contribution in [0.3, 0.4) is 0 Å². The number of hydrogen-bond donors (Lipinski definition) is 1. The first-order valence-electron chi connectivity index (χ1n) is 6.12. The van der Waals surface area contributed by atoms with E-state index in [0.717, 1.165) is 0 Å². The SMILES string of the molecule is CCOC(=O)c1cnn2ccc(NC(=O)C(C)Cl)cc12. The number of esters is 1. The molecule has 0 saturated heterocycles. The molecule has 0 aliphatic heterocycles. The van der Waals surface area contributed by atoms with Crippen LogP contribution in [-0.2, 0) is 9.53 Å². The van der Waals surface area contributed by atoms with Crippen molar-refractivity contribution >= 4 is 34.7 Å². The molecule has 0 aliphatic rings. The molecule has 106 valence electrons. The Bertz CT molecular complexity index is 651. The predicted octanol–water partition coefficient (Wildman–Crippen LogP) is 2.08. The van der Waals surface area contributed by atoms with E-state index in [9.17, 15) is 9.59 Å². The zero-order valence-corrected chi connectivity index (χ0v) is 11.8. The standard InChI is InChI=1S/C13H14ClN3O3/c1-3-20-13(19)10-7-15-17-5-4-9(6-11(10)17)16-12(18)8(2)14/h4-8H,3H2,1-2H3,(H,16,18). The maximum atomic E-state index is 11.8. The second kappa shape index (κ2) is 5.92. The van der Waals surface area contributed by atoms with Gasteiger partial charge in [-0.1, -0.05) is 0 Å². The maximum Gasteiger partial charge on any atom is 0.341 e. The van der Waals surface area contributed by atoms with Crippen molar-refractivity contribution in [1.82, 2.24) is 9.61 Å². The summed E-state index contributed by atoms with van der Waals surface area (Å²) < 4.78 is 6.49. The van der Waals surface area contributed by atoms with E-state index < -0.39 is 11.3 Å². The second-order valence-corrected chi connectivity index (χ2v) is 4.78. The maximum absolute atomic E-state index is 11.8. The largest absolute Gasteiger partial charge is 0.462 e. The van der Waals surface area contributed by atoms with Gasteiger partial charge in [-0.25, -0.2) is 9.31 Å². The van der Waals surface area contributed by atoms with E-state index in [4.69, 9.17) is 16.3 Å². The minimum absolute atomic E-state index is 0.288. The number of pyridine rings is 1. The highest BCUT2D eigenvalue weighted by atomic mass is 35.5. The number of alkyl halides is 1. The quantitative estimate of drug-likeness (QED) is 0.692. The number of anilines is 1. The average Bonchev–Trinajstić information content (AvgIpc) is 2.82. The van der Waals surface area contributed by atoms with E-state index >= 15 is 0 Å². The summed E-state index contributed by atoms with van der Waals surface area (Å²) in [4.78, 5) is 23.3. The Kier molecular flexibility index (Phi) is 4.24. The number of halogens is 1. The number of nitrogens with zero attached hydrogens (tertiary/aromatic N) is 2. The summed E-state index contributed by atoms with van der Waals surface area (Å²) in [6.07, 6.45) is 3.08. The average molecular weight is 296 g/mol. The lowest BCUT2D eigenvalue weighted by atomic mass is 10.2. The lowest BCUT2D eigenvalue weighted by Gasteiger charge is -2.07. The van der Waals surface area contributed by atoms with Gasteiger partial charge in [-0.3, -0.25) is 4.79 Å². The molecule has 1 atom stereocenters. The highest BCUT2D eigenvalue weighted by Gasteiger charge is 2.15. The topological polar surface area (TPSA) is 72.7 Å². The van der Waals surface area contributed by atoms with Gasteiger partial charge in [0.15, 0.2) is 0 Å². The Hall–Kier alpha value is -2.08. The monoisotopic (exact) mass is 295 g/mol. The molecule has 2 rings (SSSR count). The number of carbonyl (C=O) groups is 2. The van der Waals surface area contributed by atoms with Crippen molar-refractivity contribution < 1.29 is 14.3 Å². The van der Waals surface area contributed by atoms with Crippen molar-refractivity contribution in [1.29, 1.82) is 0 Å². The van der Waals surface area contributed by atoms with Crippen LogP contribution < -0.4 is 5.32 Å². The van der Waals surface area contributed by atoms with E-state index in [0.29, 0.717) is 16.8 Å². The molecule has 1 N–H and O–H groups in total. The van der Waals surface area contributed by atoms with Crippen LogP contribution in [0.15, 0.2) is 24.5 Å². The van der Waals surface area contributed by atoms with Crippen molar-refractivity contribution in [2.24, 2.45) is 0 Å². The van der Waals surface area contributed by atoms with Crippen molar-refractivity contribution in [3.8, 4) is 0 Å². The molecule has 2 aromatic heterocycles. The van der Waals surface area contributed by atoms with Gasteiger partial charge in [-0.05, 0) is 26.0 Å². The number of aromatic nitrogens is 2. The fourth-order valence-corrected chi connectivity index (χ4v) is 1.72. The molecule has 2 aromatic rings. The molecule has 0 radical (unpaired) electrons. The summed E-state index contributed by atoms with van der Waals surface area (Å²) in [5.74, 6) is -0.759. The number of carbonyl (C=O) groups excluding carboxylic acids is 2. The molecule has 20 heavy (non-hydrogen) atoms. The molecule has 0 spiro atoms. The smallest absolute Gasteiger partial charge is 0.341 e. The zero-order valence-electron chi connectivity index (χ0n) is 11.1. The van der Waals surface area contributed by atoms with E-state index in [1.807, 2.05) is 0 Å². The van der Waals surface area contributed by atoms with Crippen LogP contribution in [-0.4, -0.2) is 33.5 Å². The van der Waals surface area contributed by atoms with Crippen molar-refractivity contribution in [3.63, 3.8) is 0 Å². The van der Waals surface area contributed by atoms with Crippen LogP contribution >= 0.6 is 11.6 Å². The summed E-state index contributed by atoms with van der Waals surface area (Å²) in [6.45, 7) is 3.60. The van der Waals surface area contributed by atoms with Gasteiger partial charge in [-0.15, -0.1) is 11.6 Å². The number of nitrogens with one attached hydrogen (secondary N) is 1. The Morgan fingerprint density at radius 2 is 2.30 bits per heavy atom. The van der Waals surface area contributed by atoms with Gasteiger partial charge in [0.1, 0.15) is 10.9 Å². The van der Waals surface area contributed by atoms with Crippen LogP contribution in [0.5, 0.6) is 0 Å². The van der Waals surface area contributed by atoms with Crippen LogP contribution in [0.2, 0.25) is 0 Å². The molecule has 7 heteroatoms. The van der Waals surface area contributed by atoms with Crippen molar-refractivity contribution in [2.45, 2.75) is 19.2 Å². The summed E-state index contributed by atoms with van der Waals surface area (Å²) >= 11 is 5.69. The van der Waals surface area contributed by atoms with Gasteiger partial charge < -0.3 is 10.1 Å². The van der Waals surface area contributed by atoms with E-state index in [1.165, 1.54) is 10.7 Å². The van der Waals surface area contributed by atoms with E-state index in [-0.39, 0.29) is 12.5 Å². The number of hydrogen-bond acceptors (Lipinski definition) is 4. The fraction of sp³-hybridized carbons (Fsp3) is 0.308. The van der Waals surface area contributed by atoms with Crippen molar-refractivity contribution in [2.75, 3.05) is 11.9 Å². The van der Waals surface area contributed by atoms with E-state index in [1.54, 1.807) is 32.2 Å². The van der Waals surface area contributed by atoms with Gasteiger partial charge in [0, 0.05) is 11.9 Å². The molecule has 1 unspecified atom stereocenters. The minimum Gasteiger partial charge on any atom is -0.462 e. The molecular formula is C13H14ClN3O3. The lowest BCUT2D eigenvalue weighted by Crippen LogP contribution is -2.20. The highest BCUT2D eigenvalue weighted by molar-refractivity contribution is 6.32. The normalized spacial score (nSPS) is 12.2. The van der Waals surface area contributed by atoms with Gasteiger partial charge in [0.25, 0.3) is 0 Å². The van der Waals surface area contributed by atoms with Crippen LogP contribution in [0, 0.1) is 0 Å². The zero-order chi connectivity index (χ0) is 14.7. The number of fused-ring (bicyclic) bond motifs is 1. The second-order valence-electron chi connectivity index (χ2n) is 4.13. The first-order valence-corrected chi connectivity index (χ1v) is 6.56. The summed E-state index contributed by atoms with van der Waals surface area (Å²) in [7, 11) is 0. The first kappa shape index (κ1) is 14.3. The first-order chi connectivity index (χ1) is 9.52. The van der Waals surface area contributed by atoms with Gasteiger partial charge in [0.2, 0.25) is 5.91 Å². The molecule has 0 bridgehead atoms. The Balaban J connectivity index is 2.34. The van der Waals surface area contributed by atoms with E-state index in [2.05, 4.69) is 10.4 Å².